The van der Waals surface area contributed by atoms with E-state index in [4.69, 9.17) is 0 Å². The van der Waals surface area contributed by atoms with Gasteiger partial charge in [-0.05, 0) is 42.7 Å². The molecule has 0 bridgehead atoms. The average Bonchev–Trinajstić information content (AvgIpc) is 3.36. The van der Waals surface area contributed by atoms with Crippen LogP contribution in [0.1, 0.15) is 55.9 Å². The van der Waals surface area contributed by atoms with E-state index in [0.29, 0.717) is 19.5 Å². The van der Waals surface area contributed by atoms with Crippen LogP contribution < -0.4 is 10.6 Å². The number of fused-ring (bicyclic) bond motifs is 1. The monoisotopic (exact) mass is 391 g/mol. The second kappa shape index (κ2) is 9.35. The Hall–Kier alpha value is -1.89. The van der Waals surface area contributed by atoms with Crippen LogP contribution in [0.15, 0.2) is 11.4 Å². The van der Waals surface area contributed by atoms with Crippen molar-refractivity contribution in [2.45, 2.75) is 64.5 Å². The zero-order valence-electron chi connectivity index (χ0n) is 16.0. The molecule has 1 aliphatic carbocycles. The summed E-state index contributed by atoms with van der Waals surface area (Å²) in [5.74, 6) is -0.313. The van der Waals surface area contributed by atoms with Gasteiger partial charge in [-0.25, -0.2) is 0 Å². The molecule has 2 aliphatic rings. The molecule has 1 saturated carbocycles. The number of carbonyl (C=O) groups excluding carboxylic acids is 3. The highest BCUT2D eigenvalue weighted by molar-refractivity contribution is 7.10. The Morgan fingerprint density at radius 1 is 1.30 bits per heavy atom. The molecule has 27 heavy (non-hydrogen) atoms. The zero-order chi connectivity index (χ0) is 19.2. The van der Waals surface area contributed by atoms with Crippen LogP contribution in [0.2, 0.25) is 0 Å². The molecule has 2 heterocycles. The maximum atomic E-state index is 12.9. The van der Waals surface area contributed by atoms with E-state index in [1.807, 2.05) is 11.8 Å². The lowest BCUT2D eigenvalue weighted by Crippen LogP contribution is -2.51. The molecule has 3 amide bonds. The van der Waals surface area contributed by atoms with Crippen molar-refractivity contribution < 1.29 is 14.4 Å². The molecular weight excluding hydrogens is 362 g/mol. The highest BCUT2D eigenvalue weighted by Crippen LogP contribution is 2.25. The van der Waals surface area contributed by atoms with Gasteiger partial charge in [0.25, 0.3) is 0 Å². The van der Waals surface area contributed by atoms with E-state index in [9.17, 15) is 14.4 Å². The minimum absolute atomic E-state index is 0.0239. The average molecular weight is 392 g/mol. The Balaban J connectivity index is 1.51. The van der Waals surface area contributed by atoms with Gasteiger partial charge in [0, 0.05) is 23.9 Å². The molecule has 1 atom stereocenters. The highest BCUT2D eigenvalue weighted by atomic mass is 32.1. The van der Waals surface area contributed by atoms with E-state index in [-0.39, 0.29) is 30.2 Å². The second-order valence-electron chi connectivity index (χ2n) is 7.49. The van der Waals surface area contributed by atoms with Crippen molar-refractivity contribution in [2.75, 3.05) is 13.1 Å². The minimum atomic E-state index is -0.522. The number of rotatable bonds is 7. The topological polar surface area (TPSA) is 78.5 Å². The third-order valence-corrected chi connectivity index (χ3v) is 6.50. The van der Waals surface area contributed by atoms with E-state index >= 15 is 0 Å². The molecule has 0 radical (unpaired) electrons. The van der Waals surface area contributed by atoms with Crippen LogP contribution in [-0.2, 0) is 27.3 Å². The second-order valence-corrected chi connectivity index (χ2v) is 8.49. The molecule has 0 aromatic carbocycles. The third kappa shape index (κ3) is 5.09. The van der Waals surface area contributed by atoms with Crippen molar-refractivity contribution in [3.63, 3.8) is 0 Å². The summed E-state index contributed by atoms with van der Waals surface area (Å²) in [6, 6.07) is 1.55. The van der Waals surface area contributed by atoms with Gasteiger partial charge in [0.2, 0.25) is 17.7 Å². The van der Waals surface area contributed by atoms with Crippen LogP contribution in [0.5, 0.6) is 0 Å². The van der Waals surface area contributed by atoms with Crippen LogP contribution in [0, 0.1) is 5.92 Å². The van der Waals surface area contributed by atoms with Crippen molar-refractivity contribution in [3.8, 4) is 0 Å². The predicted molar refractivity (Wildman–Crippen MR) is 105 cm³/mol. The Morgan fingerprint density at radius 2 is 2.07 bits per heavy atom. The molecule has 7 heteroatoms. The smallest absolute Gasteiger partial charge is 0.245 e. The van der Waals surface area contributed by atoms with Crippen LogP contribution in [0.3, 0.4) is 0 Å². The molecule has 1 aliphatic heterocycles. The normalized spacial score (nSPS) is 18.0. The number of thiophene rings is 1. The first-order valence-electron chi connectivity index (χ1n) is 9.99. The lowest BCUT2D eigenvalue weighted by atomic mass is 10.1. The van der Waals surface area contributed by atoms with Gasteiger partial charge in [0.1, 0.15) is 6.04 Å². The summed E-state index contributed by atoms with van der Waals surface area (Å²) in [5, 5.41) is 7.63. The predicted octanol–water partition coefficient (Wildman–Crippen LogP) is 2.22. The van der Waals surface area contributed by atoms with Crippen molar-refractivity contribution in [1.82, 2.24) is 15.5 Å². The number of hydrogen-bond acceptors (Lipinski definition) is 4. The minimum Gasteiger partial charge on any atom is -0.347 e. The van der Waals surface area contributed by atoms with Crippen molar-refractivity contribution in [3.05, 3.63) is 21.9 Å². The zero-order valence-corrected chi connectivity index (χ0v) is 16.8. The lowest BCUT2D eigenvalue weighted by Gasteiger charge is -2.31. The first kappa shape index (κ1) is 19.9. The van der Waals surface area contributed by atoms with Gasteiger partial charge in [0.15, 0.2) is 0 Å². The van der Waals surface area contributed by atoms with Crippen molar-refractivity contribution in [2.24, 2.45) is 5.92 Å². The number of nitrogens with one attached hydrogen (secondary N) is 2. The maximum Gasteiger partial charge on any atom is 0.245 e. The molecule has 1 aromatic rings. The number of carbonyl (C=O) groups is 3. The summed E-state index contributed by atoms with van der Waals surface area (Å²) in [6.07, 6.45) is 6.27. The highest BCUT2D eigenvalue weighted by Gasteiger charge is 2.29. The van der Waals surface area contributed by atoms with Crippen LogP contribution in [-0.4, -0.2) is 41.8 Å². The SMILES string of the molecule is CCCC(NC(=O)CNC(=O)C1CCCC1)C(=O)N1CCc2sccc2C1. The maximum absolute atomic E-state index is 12.9. The molecule has 3 rings (SSSR count). The number of amides is 3. The van der Waals surface area contributed by atoms with Gasteiger partial charge in [0.05, 0.1) is 6.54 Å². The van der Waals surface area contributed by atoms with Gasteiger partial charge in [-0.1, -0.05) is 26.2 Å². The van der Waals surface area contributed by atoms with Crippen LogP contribution in [0.25, 0.3) is 0 Å². The fourth-order valence-electron chi connectivity index (χ4n) is 3.95. The molecule has 1 fully saturated rings. The molecule has 148 valence electrons. The lowest BCUT2D eigenvalue weighted by molar-refractivity contribution is -0.137. The van der Waals surface area contributed by atoms with E-state index in [1.54, 1.807) is 11.3 Å². The fourth-order valence-corrected chi connectivity index (χ4v) is 4.84. The quantitative estimate of drug-likeness (QED) is 0.748. The largest absolute Gasteiger partial charge is 0.347 e. The Kier molecular flexibility index (Phi) is 6.88. The van der Waals surface area contributed by atoms with E-state index in [2.05, 4.69) is 22.1 Å². The third-order valence-electron chi connectivity index (χ3n) is 5.48. The molecule has 2 N–H and O–H groups in total. The summed E-state index contributed by atoms with van der Waals surface area (Å²) in [5.41, 5.74) is 1.21. The number of hydrogen-bond donors (Lipinski definition) is 2. The number of nitrogens with zero attached hydrogens (tertiary/aromatic N) is 1. The van der Waals surface area contributed by atoms with Gasteiger partial charge >= 0.3 is 0 Å². The summed E-state index contributed by atoms with van der Waals surface area (Å²) in [6.45, 7) is 3.26. The fraction of sp³-hybridized carbons (Fsp3) is 0.650. The van der Waals surface area contributed by atoms with E-state index in [0.717, 1.165) is 38.5 Å². The molecule has 0 spiro atoms. The summed E-state index contributed by atoms with van der Waals surface area (Å²) in [7, 11) is 0. The van der Waals surface area contributed by atoms with Gasteiger partial charge in [-0.3, -0.25) is 14.4 Å². The Bertz CT molecular complexity index is 682. The van der Waals surface area contributed by atoms with E-state index in [1.165, 1.54) is 10.4 Å². The summed E-state index contributed by atoms with van der Waals surface area (Å²) < 4.78 is 0. The summed E-state index contributed by atoms with van der Waals surface area (Å²) >= 11 is 1.74. The standard InChI is InChI=1S/C20H29N3O3S/c1-2-5-16(20(26)23-10-8-17-15(13-23)9-11-27-17)22-18(24)12-21-19(25)14-6-3-4-7-14/h9,11,14,16H,2-8,10,12-13H2,1H3,(H,21,25)(H,22,24). The van der Waals surface area contributed by atoms with Crippen LogP contribution >= 0.6 is 11.3 Å². The van der Waals surface area contributed by atoms with Crippen molar-refractivity contribution >= 4 is 29.1 Å². The molecule has 1 aromatic heterocycles. The van der Waals surface area contributed by atoms with Crippen molar-refractivity contribution in [1.29, 1.82) is 0 Å². The van der Waals surface area contributed by atoms with E-state index < -0.39 is 6.04 Å². The first-order chi connectivity index (χ1) is 13.1. The van der Waals surface area contributed by atoms with Gasteiger partial charge in [-0.2, -0.15) is 0 Å². The van der Waals surface area contributed by atoms with Gasteiger partial charge < -0.3 is 15.5 Å². The Labute approximate surface area is 164 Å². The molecular formula is C20H29N3O3S. The molecule has 0 saturated heterocycles. The van der Waals surface area contributed by atoms with Gasteiger partial charge in [-0.15, -0.1) is 11.3 Å². The first-order valence-corrected chi connectivity index (χ1v) is 10.9. The van der Waals surface area contributed by atoms with Crippen LogP contribution in [0.4, 0.5) is 0 Å². The molecule has 1 unspecified atom stereocenters. The Morgan fingerprint density at radius 3 is 2.81 bits per heavy atom. The molecule has 6 nitrogen and oxygen atoms in total. The summed E-state index contributed by atoms with van der Waals surface area (Å²) in [4.78, 5) is 40.5.